The van der Waals surface area contributed by atoms with Crippen LogP contribution in [0.25, 0.3) is 0 Å². The van der Waals surface area contributed by atoms with Crippen LogP contribution in [-0.2, 0) is 4.79 Å². The number of aryl methyl sites for hydroxylation is 1. The lowest BCUT2D eigenvalue weighted by atomic mass is 10.1. The summed E-state index contributed by atoms with van der Waals surface area (Å²) in [6.45, 7) is 5.68. The first-order valence-electron chi connectivity index (χ1n) is 6.84. The Morgan fingerprint density at radius 3 is 2.38 bits per heavy atom. The minimum Gasteiger partial charge on any atom is -0.350 e. The van der Waals surface area contributed by atoms with E-state index >= 15 is 0 Å². The normalized spacial score (nSPS) is 15.1. The highest BCUT2D eigenvalue weighted by Crippen LogP contribution is 2.33. The molecule has 1 fully saturated rings. The number of hydrogen-bond acceptors (Lipinski definition) is 3. The minimum atomic E-state index is -0.693. The largest absolute Gasteiger partial charge is 0.350 e. The Morgan fingerprint density at radius 2 is 1.90 bits per heavy atom. The molecular weight excluding hydrogens is 290 g/mol. The van der Waals surface area contributed by atoms with Gasteiger partial charge in [-0.1, -0.05) is 0 Å². The Labute approximate surface area is 131 Å². The highest BCUT2D eigenvalue weighted by Gasteiger charge is 2.45. The van der Waals surface area contributed by atoms with Crippen molar-refractivity contribution in [2.75, 3.05) is 5.32 Å². The Morgan fingerprint density at radius 1 is 1.29 bits per heavy atom. The van der Waals surface area contributed by atoms with Crippen LogP contribution in [0.15, 0.2) is 18.2 Å². The molecule has 0 aromatic heterocycles. The topological polar surface area (TPSA) is 84.2 Å². The van der Waals surface area contributed by atoms with Crippen LogP contribution in [0.5, 0.6) is 0 Å². The van der Waals surface area contributed by atoms with Crippen molar-refractivity contribution in [3.05, 3.63) is 29.3 Å². The monoisotopic (exact) mass is 311 g/mol. The molecule has 116 valence electrons. The second-order valence-electron chi connectivity index (χ2n) is 5.77. The maximum atomic E-state index is 12.0. The lowest BCUT2D eigenvalue weighted by molar-refractivity contribution is -0.118. The fourth-order valence-electron chi connectivity index (χ4n) is 1.95. The molecule has 4 N–H and O–H groups in total. The third kappa shape index (κ3) is 4.19. The number of nitrogens with two attached hydrogens (primary N) is 1. The summed E-state index contributed by atoms with van der Waals surface area (Å²) in [6, 6.07) is 5.33. The van der Waals surface area contributed by atoms with Crippen LogP contribution in [0, 0.1) is 6.92 Å². The van der Waals surface area contributed by atoms with E-state index in [1.165, 1.54) is 0 Å². The summed E-state index contributed by atoms with van der Waals surface area (Å²) in [6.07, 6.45) is 1.46. The van der Waals surface area contributed by atoms with Gasteiger partial charge in [-0.05, 0) is 57.4 Å². The van der Waals surface area contributed by atoms with Gasteiger partial charge >= 0.3 is 0 Å². The van der Waals surface area contributed by atoms with Gasteiger partial charge in [0.2, 0.25) is 5.91 Å². The molecule has 0 bridgehead atoms. The van der Waals surface area contributed by atoms with Crippen molar-refractivity contribution in [1.29, 1.82) is 0 Å². The summed E-state index contributed by atoms with van der Waals surface area (Å²) in [5.41, 5.74) is 7.25. The van der Waals surface area contributed by atoms with Crippen LogP contribution < -0.4 is 16.4 Å². The van der Waals surface area contributed by atoms with Crippen LogP contribution >= 0.6 is 12.4 Å². The van der Waals surface area contributed by atoms with Crippen LogP contribution in [0.1, 0.15) is 42.6 Å². The van der Waals surface area contributed by atoms with E-state index < -0.39 is 5.54 Å². The Kier molecular flexibility index (Phi) is 5.36. The van der Waals surface area contributed by atoms with Gasteiger partial charge in [0.25, 0.3) is 5.91 Å². The number of carbonyl (C=O) groups excluding carboxylic acids is 2. The van der Waals surface area contributed by atoms with Gasteiger partial charge in [-0.3, -0.25) is 9.59 Å². The van der Waals surface area contributed by atoms with Crippen molar-refractivity contribution in [1.82, 2.24) is 5.32 Å². The quantitative estimate of drug-likeness (QED) is 0.795. The molecule has 0 heterocycles. The molecule has 0 aliphatic heterocycles. The Hall–Kier alpha value is -1.59. The zero-order valence-corrected chi connectivity index (χ0v) is 13.3. The summed E-state index contributed by atoms with van der Waals surface area (Å²) in [5, 5.41) is 5.64. The zero-order valence-electron chi connectivity index (χ0n) is 12.5. The second kappa shape index (κ2) is 6.45. The van der Waals surface area contributed by atoms with Gasteiger partial charge < -0.3 is 16.4 Å². The van der Waals surface area contributed by atoms with E-state index in [9.17, 15) is 9.59 Å². The molecule has 0 unspecified atom stereocenters. The molecule has 0 atom stereocenters. The van der Waals surface area contributed by atoms with Gasteiger partial charge in [0, 0.05) is 17.3 Å². The van der Waals surface area contributed by atoms with E-state index in [1.807, 2.05) is 20.8 Å². The number of hydrogen-bond donors (Lipinski definition) is 3. The molecule has 1 aromatic carbocycles. The van der Waals surface area contributed by atoms with Gasteiger partial charge in [0.1, 0.15) is 0 Å². The first-order chi connectivity index (χ1) is 9.32. The van der Waals surface area contributed by atoms with E-state index in [4.69, 9.17) is 5.73 Å². The zero-order chi connectivity index (χ0) is 14.9. The van der Waals surface area contributed by atoms with Gasteiger partial charge in [-0.2, -0.15) is 0 Å². The van der Waals surface area contributed by atoms with Crippen molar-refractivity contribution in [2.45, 2.75) is 45.2 Å². The van der Waals surface area contributed by atoms with Crippen molar-refractivity contribution < 1.29 is 9.59 Å². The van der Waals surface area contributed by atoms with E-state index in [0.29, 0.717) is 11.3 Å². The number of benzene rings is 1. The lowest BCUT2D eigenvalue weighted by Gasteiger charge is -2.13. The van der Waals surface area contributed by atoms with E-state index in [1.54, 1.807) is 18.2 Å². The maximum Gasteiger partial charge on any atom is 0.251 e. The highest BCUT2D eigenvalue weighted by atomic mass is 35.5. The smallest absolute Gasteiger partial charge is 0.251 e. The fourth-order valence-corrected chi connectivity index (χ4v) is 1.95. The van der Waals surface area contributed by atoms with Crippen molar-refractivity contribution in [3.8, 4) is 0 Å². The van der Waals surface area contributed by atoms with Crippen molar-refractivity contribution in [3.63, 3.8) is 0 Å². The van der Waals surface area contributed by atoms with Crippen molar-refractivity contribution in [2.24, 2.45) is 5.73 Å². The van der Waals surface area contributed by atoms with Crippen LogP contribution in [-0.4, -0.2) is 23.4 Å². The molecule has 6 heteroatoms. The molecule has 2 rings (SSSR count). The molecule has 21 heavy (non-hydrogen) atoms. The number of amides is 2. The third-order valence-corrected chi connectivity index (χ3v) is 3.39. The average molecular weight is 312 g/mol. The molecule has 5 nitrogen and oxygen atoms in total. The van der Waals surface area contributed by atoms with E-state index in [-0.39, 0.29) is 30.3 Å². The number of carbonyl (C=O) groups is 2. The first kappa shape index (κ1) is 17.5. The number of nitrogens with one attached hydrogen (secondary N) is 2. The molecular formula is C15H22ClN3O2. The summed E-state index contributed by atoms with van der Waals surface area (Å²) in [7, 11) is 0. The van der Waals surface area contributed by atoms with Gasteiger partial charge in [0.15, 0.2) is 0 Å². The van der Waals surface area contributed by atoms with Gasteiger partial charge in [0.05, 0.1) is 5.54 Å². The number of rotatable bonds is 4. The summed E-state index contributed by atoms with van der Waals surface area (Å²) in [5.74, 6) is -0.260. The first-order valence-corrected chi connectivity index (χ1v) is 6.84. The number of halogens is 1. The maximum absolute atomic E-state index is 12.0. The third-order valence-electron chi connectivity index (χ3n) is 3.39. The molecule has 1 aliphatic rings. The molecule has 2 amide bonds. The summed E-state index contributed by atoms with van der Waals surface area (Å²) < 4.78 is 0. The standard InChI is InChI=1S/C15H21N3O2.ClH/c1-9(2)17-13(19)12-5-4-11(8-10(12)3)18-14(20)15(16)6-7-15;/h4-5,8-9H,6-7,16H2,1-3H3,(H,17,19)(H,18,20);1H. The SMILES string of the molecule is Cc1cc(NC(=O)C2(N)CC2)ccc1C(=O)NC(C)C.Cl. The average Bonchev–Trinajstić information content (AvgIpc) is 3.07. The van der Waals surface area contributed by atoms with Crippen LogP contribution in [0.2, 0.25) is 0 Å². The summed E-state index contributed by atoms with van der Waals surface area (Å²) >= 11 is 0. The molecule has 0 spiro atoms. The number of anilines is 1. The Bertz CT molecular complexity index is 554. The van der Waals surface area contributed by atoms with E-state index in [2.05, 4.69) is 10.6 Å². The summed E-state index contributed by atoms with van der Waals surface area (Å²) in [4.78, 5) is 23.8. The highest BCUT2D eigenvalue weighted by molar-refractivity contribution is 6.01. The minimum absolute atomic E-state index is 0. The molecule has 0 saturated heterocycles. The Balaban J connectivity index is 0.00000220. The van der Waals surface area contributed by atoms with Crippen molar-refractivity contribution >= 4 is 29.9 Å². The lowest BCUT2D eigenvalue weighted by Crippen LogP contribution is -2.37. The molecule has 1 aromatic rings. The van der Waals surface area contributed by atoms with Gasteiger partial charge in [-0.25, -0.2) is 0 Å². The molecule has 1 saturated carbocycles. The molecule has 1 aliphatic carbocycles. The predicted octanol–water partition coefficient (Wildman–Crippen LogP) is 1.98. The van der Waals surface area contributed by atoms with Crippen LogP contribution in [0.4, 0.5) is 5.69 Å². The second-order valence-corrected chi connectivity index (χ2v) is 5.77. The molecule has 0 radical (unpaired) electrons. The van der Waals surface area contributed by atoms with Crippen LogP contribution in [0.3, 0.4) is 0 Å². The predicted molar refractivity (Wildman–Crippen MR) is 85.8 cm³/mol. The van der Waals surface area contributed by atoms with E-state index in [0.717, 1.165) is 18.4 Å². The van der Waals surface area contributed by atoms with Gasteiger partial charge in [-0.15, -0.1) is 12.4 Å². The fraction of sp³-hybridized carbons (Fsp3) is 0.467.